The van der Waals surface area contributed by atoms with Crippen LogP contribution in [0.25, 0.3) is 17.2 Å². The summed E-state index contributed by atoms with van der Waals surface area (Å²) in [5.74, 6) is 0.571. The molecule has 0 saturated heterocycles. The normalized spacial score (nSPS) is 19.8. The molecule has 3 aromatic rings. The van der Waals surface area contributed by atoms with Crippen LogP contribution in [0.4, 0.5) is 10.2 Å². The quantitative estimate of drug-likeness (QED) is 0.596. The maximum atomic E-state index is 13.5. The first-order valence-corrected chi connectivity index (χ1v) is 10.4. The van der Waals surface area contributed by atoms with Gasteiger partial charge in [-0.2, -0.15) is 5.10 Å². The van der Waals surface area contributed by atoms with Crippen LogP contribution in [0, 0.1) is 11.2 Å². The first-order valence-electron chi connectivity index (χ1n) is 10.4. The average molecular weight is 414 g/mol. The summed E-state index contributed by atoms with van der Waals surface area (Å²) >= 11 is 0. The van der Waals surface area contributed by atoms with Crippen molar-refractivity contribution in [3.63, 3.8) is 0 Å². The smallest absolute Gasteiger partial charge is 0.167 e. The highest BCUT2D eigenvalue weighted by Crippen LogP contribution is 2.46. The van der Waals surface area contributed by atoms with Gasteiger partial charge in [-0.1, -0.05) is 38.1 Å². The summed E-state index contributed by atoms with van der Waals surface area (Å²) in [5, 5.41) is 10.5. The van der Waals surface area contributed by atoms with Gasteiger partial charge in [-0.05, 0) is 42.7 Å². The van der Waals surface area contributed by atoms with Crippen LogP contribution in [0.15, 0.2) is 66.1 Å². The Kier molecular flexibility index (Phi) is 4.58. The number of hydrogen-bond donors (Lipinski definition) is 2. The lowest BCUT2D eigenvalue weighted by molar-refractivity contribution is -0.124. The fourth-order valence-corrected chi connectivity index (χ4v) is 4.32. The Balaban J connectivity index is 1.47. The number of aromatic nitrogens is 3. The third-order valence-corrected chi connectivity index (χ3v) is 6.18. The Morgan fingerprint density at radius 2 is 2.03 bits per heavy atom. The molecule has 0 fully saturated rings. The van der Waals surface area contributed by atoms with E-state index in [0.29, 0.717) is 0 Å². The SMILES string of the molecule is CC1(C)CCC2=C(C1=O)C(/C=C/c1ccc(-c3cccc(F)c3)cn1)c1cn[nH]c1N2. The molecule has 31 heavy (non-hydrogen) atoms. The number of nitrogens with zero attached hydrogens (tertiary/aromatic N) is 2. The molecule has 5 rings (SSSR count). The molecule has 1 aliphatic carbocycles. The minimum absolute atomic E-state index is 0.178. The Morgan fingerprint density at radius 3 is 2.81 bits per heavy atom. The van der Waals surface area contributed by atoms with Crippen molar-refractivity contribution in [2.24, 2.45) is 5.41 Å². The molecule has 0 spiro atoms. The van der Waals surface area contributed by atoms with E-state index in [4.69, 9.17) is 0 Å². The van der Waals surface area contributed by atoms with Crippen molar-refractivity contribution in [1.82, 2.24) is 15.2 Å². The molecule has 0 bridgehead atoms. The van der Waals surface area contributed by atoms with E-state index >= 15 is 0 Å². The van der Waals surface area contributed by atoms with E-state index in [1.807, 2.05) is 44.2 Å². The van der Waals surface area contributed by atoms with Crippen LogP contribution in [0.5, 0.6) is 0 Å². The van der Waals surface area contributed by atoms with Crippen LogP contribution in [0.3, 0.4) is 0 Å². The van der Waals surface area contributed by atoms with E-state index in [1.165, 1.54) is 12.1 Å². The number of anilines is 1. The molecule has 2 aliphatic rings. The highest BCUT2D eigenvalue weighted by Gasteiger charge is 2.42. The van der Waals surface area contributed by atoms with Gasteiger partial charge >= 0.3 is 0 Å². The molecule has 2 N–H and O–H groups in total. The molecule has 156 valence electrons. The third-order valence-electron chi connectivity index (χ3n) is 6.18. The monoisotopic (exact) mass is 414 g/mol. The van der Waals surface area contributed by atoms with E-state index in [9.17, 15) is 9.18 Å². The third kappa shape index (κ3) is 3.48. The van der Waals surface area contributed by atoms with Crippen molar-refractivity contribution < 1.29 is 9.18 Å². The summed E-state index contributed by atoms with van der Waals surface area (Å²) in [6.07, 6.45) is 9.12. The molecule has 5 nitrogen and oxygen atoms in total. The predicted molar refractivity (Wildman–Crippen MR) is 119 cm³/mol. The molecule has 1 atom stereocenters. The first kappa shape index (κ1) is 19.4. The number of carbonyl (C=O) groups excluding carboxylic acids is 1. The number of H-pyrrole nitrogens is 1. The summed E-state index contributed by atoms with van der Waals surface area (Å²) < 4.78 is 13.5. The largest absolute Gasteiger partial charge is 0.343 e. The lowest BCUT2D eigenvalue weighted by atomic mass is 9.69. The van der Waals surface area contributed by atoms with Crippen LogP contribution >= 0.6 is 0 Å². The summed E-state index contributed by atoms with van der Waals surface area (Å²) in [7, 11) is 0. The number of halogens is 1. The van der Waals surface area contributed by atoms with Gasteiger partial charge < -0.3 is 5.32 Å². The zero-order valence-electron chi connectivity index (χ0n) is 17.4. The highest BCUT2D eigenvalue weighted by atomic mass is 19.1. The Labute approximate surface area is 180 Å². The number of rotatable bonds is 3. The molecule has 1 unspecified atom stereocenters. The van der Waals surface area contributed by atoms with Crippen LogP contribution in [-0.4, -0.2) is 21.0 Å². The van der Waals surface area contributed by atoms with E-state index in [0.717, 1.165) is 52.3 Å². The van der Waals surface area contributed by atoms with Crippen molar-refractivity contribution in [3.8, 4) is 11.1 Å². The lowest BCUT2D eigenvalue weighted by Crippen LogP contribution is -2.36. The maximum Gasteiger partial charge on any atom is 0.167 e. The number of Topliss-reactive ketones (excluding diaryl/α,β-unsaturated/α-hetero) is 1. The van der Waals surface area contributed by atoms with Crippen molar-refractivity contribution in [2.45, 2.75) is 32.6 Å². The van der Waals surface area contributed by atoms with E-state index in [2.05, 4.69) is 20.5 Å². The van der Waals surface area contributed by atoms with Crippen LogP contribution in [-0.2, 0) is 4.79 Å². The Hall–Kier alpha value is -3.54. The summed E-state index contributed by atoms with van der Waals surface area (Å²) in [4.78, 5) is 17.8. The van der Waals surface area contributed by atoms with E-state index < -0.39 is 0 Å². The number of nitrogens with one attached hydrogen (secondary N) is 2. The number of fused-ring (bicyclic) bond motifs is 1. The molecule has 1 aliphatic heterocycles. The molecular weight excluding hydrogens is 391 g/mol. The molecule has 3 heterocycles. The Morgan fingerprint density at radius 1 is 1.16 bits per heavy atom. The molecule has 0 saturated carbocycles. The van der Waals surface area contributed by atoms with Crippen LogP contribution in [0.2, 0.25) is 0 Å². The molecule has 2 aromatic heterocycles. The number of carbonyl (C=O) groups is 1. The molecular formula is C25H23FN4O. The van der Waals surface area contributed by atoms with Gasteiger partial charge in [0.2, 0.25) is 0 Å². The number of ketones is 1. The Bertz CT molecular complexity index is 1220. The zero-order valence-corrected chi connectivity index (χ0v) is 17.4. The molecule has 1 aromatic carbocycles. The van der Waals surface area contributed by atoms with Gasteiger partial charge in [0.1, 0.15) is 11.6 Å². The van der Waals surface area contributed by atoms with Crippen molar-refractivity contribution >= 4 is 17.7 Å². The van der Waals surface area contributed by atoms with Crippen molar-refractivity contribution in [1.29, 1.82) is 0 Å². The standard InChI is InChI=1S/C25H23FN4O/c1-25(2)11-10-21-22(23(25)31)19(20-14-28-30-24(20)29-21)9-8-18-7-6-16(13-27-18)15-4-3-5-17(26)12-15/h3-9,12-14,19H,10-11H2,1-2H3,(H2,28,29,30)/b9-8+. The predicted octanol–water partition coefficient (Wildman–Crippen LogP) is 5.48. The van der Waals surface area contributed by atoms with Gasteiger partial charge in [0, 0.05) is 39.9 Å². The number of hydrogen-bond acceptors (Lipinski definition) is 4. The first-order chi connectivity index (χ1) is 14.9. The van der Waals surface area contributed by atoms with Gasteiger partial charge in [0.05, 0.1) is 11.9 Å². The van der Waals surface area contributed by atoms with E-state index in [1.54, 1.807) is 18.5 Å². The topological polar surface area (TPSA) is 70.7 Å². The fourth-order valence-electron chi connectivity index (χ4n) is 4.32. The summed E-state index contributed by atoms with van der Waals surface area (Å²) in [5.41, 5.74) is 4.78. The zero-order chi connectivity index (χ0) is 21.6. The number of aromatic amines is 1. The number of allylic oxidation sites excluding steroid dienone is 3. The van der Waals surface area contributed by atoms with Gasteiger partial charge in [-0.15, -0.1) is 0 Å². The molecule has 0 amide bonds. The second kappa shape index (κ2) is 7.30. The number of pyridine rings is 1. The lowest BCUT2D eigenvalue weighted by Gasteiger charge is -2.37. The summed E-state index contributed by atoms with van der Waals surface area (Å²) in [6, 6.07) is 10.3. The average Bonchev–Trinajstić information content (AvgIpc) is 3.23. The van der Waals surface area contributed by atoms with Gasteiger partial charge in [0.25, 0.3) is 0 Å². The van der Waals surface area contributed by atoms with Gasteiger partial charge in [-0.25, -0.2) is 4.39 Å². The van der Waals surface area contributed by atoms with Gasteiger partial charge in [-0.3, -0.25) is 14.9 Å². The second-order valence-electron chi connectivity index (χ2n) is 8.75. The van der Waals surface area contributed by atoms with Crippen LogP contribution < -0.4 is 5.32 Å². The van der Waals surface area contributed by atoms with Crippen molar-refractivity contribution in [2.75, 3.05) is 5.32 Å². The van der Waals surface area contributed by atoms with Crippen LogP contribution in [0.1, 0.15) is 43.9 Å². The number of benzene rings is 1. The maximum absolute atomic E-state index is 13.5. The molecule has 6 heteroatoms. The minimum atomic E-state index is -0.376. The second-order valence-corrected chi connectivity index (χ2v) is 8.75. The van der Waals surface area contributed by atoms with Gasteiger partial charge in [0.15, 0.2) is 5.78 Å². The van der Waals surface area contributed by atoms with Crippen molar-refractivity contribution in [3.05, 3.63) is 83.2 Å². The molecule has 0 radical (unpaired) electrons. The van der Waals surface area contributed by atoms with E-state index in [-0.39, 0.29) is 22.9 Å². The minimum Gasteiger partial charge on any atom is -0.343 e. The fraction of sp³-hybridized carbons (Fsp3) is 0.240. The summed E-state index contributed by atoms with van der Waals surface area (Å²) in [6.45, 7) is 4.02. The highest BCUT2D eigenvalue weighted by molar-refractivity contribution is 6.04.